The number of imidazole rings is 1. The zero-order valence-corrected chi connectivity index (χ0v) is 22.3. The van der Waals surface area contributed by atoms with Gasteiger partial charge in [-0.1, -0.05) is 49.4 Å². The molecule has 9 heteroatoms. The van der Waals surface area contributed by atoms with Crippen LogP contribution in [0.25, 0.3) is 34.4 Å². The van der Waals surface area contributed by atoms with Gasteiger partial charge in [0, 0.05) is 36.5 Å². The Kier molecular flexibility index (Phi) is 7.77. The Morgan fingerprint density at radius 1 is 1.03 bits per heavy atom. The lowest BCUT2D eigenvalue weighted by Crippen LogP contribution is -2.10. The van der Waals surface area contributed by atoms with Crippen molar-refractivity contribution < 1.29 is 9.53 Å². The van der Waals surface area contributed by atoms with Crippen molar-refractivity contribution in [2.75, 3.05) is 6.61 Å². The summed E-state index contributed by atoms with van der Waals surface area (Å²) in [6.07, 6.45) is 7.52. The van der Waals surface area contributed by atoms with Crippen LogP contribution < -0.4 is 0 Å². The minimum atomic E-state index is -0.340. The predicted molar refractivity (Wildman–Crippen MR) is 150 cm³/mol. The average molecular weight is 522 g/mol. The van der Waals surface area contributed by atoms with Gasteiger partial charge in [0.1, 0.15) is 5.82 Å². The van der Waals surface area contributed by atoms with Gasteiger partial charge in [-0.2, -0.15) is 5.21 Å². The normalized spacial score (nSPS) is 11.6. The SMILES string of the molecule is CCCc1nc(-n2cccc2)c(/C=C(\C)C(=O)OCC)n1Cc1ccc(-c2ccccc2)c(-c2nn[nH]n2)c1. The van der Waals surface area contributed by atoms with Gasteiger partial charge in [-0.25, -0.2) is 9.78 Å². The van der Waals surface area contributed by atoms with Gasteiger partial charge in [0.2, 0.25) is 5.82 Å². The molecule has 5 rings (SSSR count). The molecular weight excluding hydrogens is 490 g/mol. The van der Waals surface area contributed by atoms with Crippen LogP contribution in [0, 0.1) is 0 Å². The number of H-pyrrole nitrogens is 1. The molecular formula is C30H31N7O2. The minimum Gasteiger partial charge on any atom is -0.463 e. The number of nitrogens with zero attached hydrogens (tertiary/aromatic N) is 6. The molecule has 9 nitrogen and oxygen atoms in total. The average Bonchev–Trinajstić information content (AvgIpc) is 3.73. The van der Waals surface area contributed by atoms with Gasteiger partial charge in [-0.3, -0.25) is 0 Å². The number of aromatic amines is 1. The second-order valence-electron chi connectivity index (χ2n) is 9.19. The molecule has 3 aromatic heterocycles. The lowest BCUT2D eigenvalue weighted by molar-refractivity contribution is -0.138. The number of hydrogen-bond acceptors (Lipinski definition) is 6. The zero-order valence-electron chi connectivity index (χ0n) is 22.3. The van der Waals surface area contributed by atoms with Crippen molar-refractivity contribution in [3.63, 3.8) is 0 Å². The zero-order chi connectivity index (χ0) is 27.2. The number of carbonyl (C=O) groups is 1. The van der Waals surface area contributed by atoms with Crippen LogP contribution >= 0.6 is 0 Å². The Morgan fingerprint density at radius 2 is 1.82 bits per heavy atom. The van der Waals surface area contributed by atoms with E-state index in [9.17, 15) is 4.79 Å². The smallest absolute Gasteiger partial charge is 0.333 e. The second kappa shape index (κ2) is 11.7. The Morgan fingerprint density at radius 3 is 2.51 bits per heavy atom. The van der Waals surface area contributed by atoms with Gasteiger partial charge in [-0.05, 0) is 66.4 Å². The summed E-state index contributed by atoms with van der Waals surface area (Å²) in [7, 11) is 0. The highest BCUT2D eigenvalue weighted by molar-refractivity contribution is 5.93. The van der Waals surface area contributed by atoms with E-state index in [0.29, 0.717) is 24.5 Å². The fourth-order valence-corrected chi connectivity index (χ4v) is 4.61. The van der Waals surface area contributed by atoms with Gasteiger partial charge in [0.05, 0.1) is 12.3 Å². The second-order valence-corrected chi connectivity index (χ2v) is 9.19. The van der Waals surface area contributed by atoms with Gasteiger partial charge in [0.25, 0.3) is 0 Å². The molecule has 0 atom stereocenters. The van der Waals surface area contributed by atoms with E-state index in [-0.39, 0.29) is 5.97 Å². The third kappa shape index (κ3) is 5.57. The molecule has 0 spiro atoms. The maximum Gasteiger partial charge on any atom is 0.333 e. The molecule has 198 valence electrons. The van der Waals surface area contributed by atoms with Crippen molar-refractivity contribution in [2.24, 2.45) is 0 Å². The van der Waals surface area contributed by atoms with Crippen LogP contribution in [0.2, 0.25) is 0 Å². The van der Waals surface area contributed by atoms with E-state index >= 15 is 0 Å². The summed E-state index contributed by atoms with van der Waals surface area (Å²) in [5.74, 6) is 1.90. The van der Waals surface area contributed by atoms with E-state index in [1.807, 2.05) is 53.4 Å². The molecule has 39 heavy (non-hydrogen) atoms. The van der Waals surface area contributed by atoms with Crippen LogP contribution in [0.3, 0.4) is 0 Å². The number of carbonyl (C=O) groups excluding carboxylic acids is 1. The molecule has 0 aliphatic carbocycles. The first-order valence-electron chi connectivity index (χ1n) is 13.1. The molecule has 0 aliphatic heterocycles. The molecule has 0 unspecified atom stereocenters. The first kappa shape index (κ1) is 25.8. The minimum absolute atomic E-state index is 0.321. The van der Waals surface area contributed by atoms with Crippen molar-refractivity contribution in [1.29, 1.82) is 0 Å². The van der Waals surface area contributed by atoms with Crippen LogP contribution in [0.15, 0.2) is 78.6 Å². The van der Waals surface area contributed by atoms with Crippen LogP contribution in [-0.2, 0) is 22.5 Å². The molecule has 2 aromatic carbocycles. The van der Waals surface area contributed by atoms with Crippen molar-refractivity contribution in [1.82, 2.24) is 34.7 Å². The van der Waals surface area contributed by atoms with Crippen LogP contribution in [-0.4, -0.2) is 47.3 Å². The number of aryl methyl sites for hydroxylation is 1. The molecule has 1 N–H and O–H groups in total. The highest BCUT2D eigenvalue weighted by Gasteiger charge is 2.20. The maximum absolute atomic E-state index is 12.5. The quantitative estimate of drug-likeness (QED) is 0.193. The van der Waals surface area contributed by atoms with E-state index in [1.54, 1.807) is 13.8 Å². The lowest BCUT2D eigenvalue weighted by atomic mass is 9.97. The Balaban J connectivity index is 1.64. The van der Waals surface area contributed by atoms with Crippen LogP contribution in [0.5, 0.6) is 0 Å². The molecule has 0 amide bonds. The van der Waals surface area contributed by atoms with Gasteiger partial charge >= 0.3 is 5.97 Å². The maximum atomic E-state index is 12.5. The lowest BCUT2D eigenvalue weighted by Gasteiger charge is -2.14. The molecule has 3 heterocycles. The first-order chi connectivity index (χ1) is 19.1. The molecule has 0 fully saturated rings. The van der Waals surface area contributed by atoms with Crippen molar-refractivity contribution in [3.8, 4) is 28.3 Å². The summed E-state index contributed by atoms with van der Waals surface area (Å²) in [5, 5.41) is 14.9. The van der Waals surface area contributed by atoms with E-state index in [2.05, 4.69) is 62.4 Å². The number of nitrogens with one attached hydrogen (secondary N) is 1. The molecule has 0 aliphatic rings. The topological polar surface area (TPSA) is 104 Å². The third-order valence-corrected chi connectivity index (χ3v) is 6.44. The van der Waals surface area contributed by atoms with E-state index in [0.717, 1.165) is 52.4 Å². The van der Waals surface area contributed by atoms with Gasteiger partial charge < -0.3 is 13.9 Å². The summed E-state index contributed by atoms with van der Waals surface area (Å²) in [4.78, 5) is 17.6. The highest BCUT2D eigenvalue weighted by atomic mass is 16.5. The molecule has 0 bridgehead atoms. The fourth-order valence-electron chi connectivity index (χ4n) is 4.61. The molecule has 0 saturated carbocycles. The molecule has 0 saturated heterocycles. The van der Waals surface area contributed by atoms with Crippen molar-refractivity contribution >= 4 is 12.0 Å². The third-order valence-electron chi connectivity index (χ3n) is 6.44. The van der Waals surface area contributed by atoms with E-state index in [4.69, 9.17) is 9.72 Å². The summed E-state index contributed by atoms with van der Waals surface area (Å²) < 4.78 is 9.42. The van der Waals surface area contributed by atoms with E-state index < -0.39 is 0 Å². The van der Waals surface area contributed by atoms with Crippen molar-refractivity contribution in [3.05, 3.63) is 95.7 Å². The fraction of sp³-hybridized carbons (Fsp3) is 0.233. The molecule has 5 aromatic rings. The summed E-state index contributed by atoms with van der Waals surface area (Å²) in [6.45, 7) is 6.58. The number of tetrazole rings is 1. The van der Waals surface area contributed by atoms with Gasteiger partial charge in [0.15, 0.2) is 5.82 Å². The summed E-state index contributed by atoms with van der Waals surface area (Å²) >= 11 is 0. The van der Waals surface area contributed by atoms with Crippen LogP contribution in [0.1, 0.15) is 44.3 Å². The monoisotopic (exact) mass is 521 g/mol. The highest BCUT2D eigenvalue weighted by Crippen LogP contribution is 2.32. The summed E-state index contributed by atoms with van der Waals surface area (Å²) in [5.41, 5.74) is 5.38. The first-order valence-corrected chi connectivity index (χ1v) is 13.1. The number of aromatic nitrogens is 7. The largest absolute Gasteiger partial charge is 0.463 e. The number of esters is 1. The van der Waals surface area contributed by atoms with E-state index in [1.165, 1.54) is 0 Å². The predicted octanol–water partition coefficient (Wildman–Crippen LogP) is 5.49. The Hall–Kier alpha value is -4.79. The standard InChI is InChI=1S/C30H31N7O2/c1-4-11-27-31-29(36-16-9-10-17-36)26(18-21(3)30(38)39-5-2)37(27)20-22-14-15-24(23-12-7-6-8-13-23)25(19-22)28-32-34-35-33-28/h6-10,12-19H,4-5,11,20H2,1-3H3,(H,32,33,34,35)/b21-18+. The Bertz CT molecular complexity index is 1570. The number of ether oxygens (including phenoxy) is 1. The van der Waals surface area contributed by atoms with Crippen LogP contribution in [0.4, 0.5) is 0 Å². The number of benzene rings is 2. The molecule has 0 radical (unpaired) electrons. The van der Waals surface area contributed by atoms with Gasteiger partial charge in [-0.15, -0.1) is 10.2 Å². The summed E-state index contributed by atoms with van der Waals surface area (Å²) in [6, 6.07) is 20.4. The Labute approximate surface area is 227 Å². The van der Waals surface area contributed by atoms with Crippen molar-refractivity contribution in [2.45, 2.75) is 40.2 Å². The number of rotatable bonds is 10. The number of hydrogen-bond donors (Lipinski definition) is 1.